The van der Waals surface area contributed by atoms with E-state index in [4.69, 9.17) is 12.3 Å². The molecule has 0 N–H and O–H groups in total. The summed E-state index contributed by atoms with van der Waals surface area (Å²) in [6, 6.07) is 89.8. The maximum absolute atomic E-state index is 8.09. The highest BCUT2D eigenvalue weighted by Crippen LogP contribution is 2.38. The second kappa shape index (κ2) is 31.5. The van der Waals surface area contributed by atoms with Crippen LogP contribution in [0.4, 0.5) is 0 Å². The van der Waals surface area contributed by atoms with E-state index in [0.29, 0.717) is 22.3 Å². The number of hydrogen-bond acceptors (Lipinski definition) is 0. The van der Waals surface area contributed by atoms with Crippen molar-refractivity contribution < 1.29 is 30.6 Å². The summed E-state index contributed by atoms with van der Waals surface area (Å²) in [6.45, 7) is 12.5. The van der Waals surface area contributed by atoms with Crippen LogP contribution in [0.15, 0.2) is 292 Å². The van der Waals surface area contributed by atoms with Gasteiger partial charge in [-0.15, -0.1) is 0 Å². The molecule has 4 nitrogen and oxygen atoms in total. The Balaban J connectivity index is 0.000000146. The lowest BCUT2D eigenvalue weighted by Crippen LogP contribution is -2.31. The summed E-state index contributed by atoms with van der Waals surface area (Å²) in [4.78, 5) is 0. The standard InChI is InChI=1S/2C27H26N.C22H24N.C20H20N/c2*1-19-15-20(2)26(16-24(19)22-11-7-5-8-12-22)27-17-25(21(3)18-28(27)4)23-13-9-6-10-14-23;1-15-12-22(23(5)14-18(15)4)21-13-20(16(2)11-17(21)3)19-9-7-6-8-10-19;1-15-13-16(2)19(20-11-7-8-12-21(20)3)14-18(15)17-9-5-4-6-10-17/h2*5-18H,1-4H3;6-14H,1-5H3;4-14H,1-3H3/q4*+1/i1D3,3D3;;;1D3. The molecule has 0 saturated heterocycles. The molecule has 100 heavy (non-hydrogen) atoms. The number of rotatable bonds is 10. The Hall–Kier alpha value is -11.2. The Labute approximate surface area is 608 Å². The first-order chi connectivity index (χ1) is 51.9. The summed E-state index contributed by atoms with van der Waals surface area (Å²) in [6.07, 6.45) is 8.10. The molecule has 4 heterocycles. The van der Waals surface area contributed by atoms with Crippen molar-refractivity contribution in [1.82, 2.24) is 0 Å². The van der Waals surface area contributed by atoms with Crippen molar-refractivity contribution in [2.24, 2.45) is 28.2 Å². The first-order valence-electron chi connectivity index (χ1n) is 38.7. The molecule has 0 radical (unpaired) electrons. The van der Waals surface area contributed by atoms with Crippen molar-refractivity contribution >= 4 is 0 Å². The van der Waals surface area contributed by atoms with Gasteiger partial charge in [-0.1, -0.05) is 206 Å². The molecule has 4 aromatic heterocycles. The van der Waals surface area contributed by atoms with Gasteiger partial charge in [-0.05, 0) is 230 Å². The molecule has 0 fully saturated rings. The van der Waals surface area contributed by atoms with Crippen LogP contribution in [0.5, 0.6) is 0 Å². The monoisotopic (exact) mass is 1310 g/mol. The quantitative estimate of drug-likeness (QED) is 0.121. The number of aryl methyl sites for hydroxylation is 16. The highest BCUT2D eigenvalue weighted by atomic mass is 14.9. The van der Waals surface area contributed by atoms with Gasteiger partial charge in [-0.25, -0.2) is 18.3 Å². The summed E-state index contributed by atoms with van der Waals surface area (Å²) in [5.74, 6) is 0. The first kappa shape index (κ1) is 58.9. The minimum Gasteiger partial charge on any atom is -0.201 e. The topological polar surface area (TPSA) is 15.5 Å². The highest BCUT2D eigenvalue weighted by Gasteiger charge is 2.23. The fraction of sp³-hybridized carbons (Fsp3) is 0.167. The van der Waals surface area contributed by atoms with Gasteiger partial charge in [0, 0.05) is 81.6 Å². The van der Waals surface area contributed by atoms with E-state index >= 15 is 0 Å². The zero-order chi connectivity index (χ0) is 78.2. The molecule has 0 amide bonds. The third kappa shape index (κ3) is 16.0. The van der Waals surface area contributed by atoms with E-state index in [1.54, 1.807) is 22.9 Å². The predicted molar refractivity (Wildman–Crippen MR) is 422 cm³/mol. The van der Waals surface area contributed by atoms with Crippen LogP contribution in [0.25, 0.3) is 112 Å². The van der Waals surface area contributed by atoms with Gasteiger partial charge in [-0.3, -0.25) is 0 Å². The first-order valence-corrected chi connectivity index (χ1v) is 34.2. The lowest BCUT2D eigenvalue weighted by atomic mass is 9.92. The number of nitrogens with zero attached hydrogens (tertiary/aromatic N) is 4. The second-order valence-electron chi connectivity index (χ2n) is 26.4. The molecule has 0 aliphatic carbocycles. The highest BCUT2D eigenvalue weighted by molar-refractivity contribution is 5.82. The molecule has 14 rings (SSSR count). The van der Waals surface area contributed by atoms with Gasteiger partial charge in [0.25, 0.3) is 0 Å². The number of pyridine rings is 4. The van der Waals surface area contributed by atoms with E-state index in [2.05, 4.69) is 211 Å². The van der Waals surface area contributed by atoms with Crippen LogP contribution < -0.4 is 18.3 Å². The fourth-order valence-electron chi connectivity index (χ4n) is 13.5. The van der Waals surface area contributed by atoms with Gasteiger partial charge < -0.3 is 0 Å². The van der Waals surface area contributed by atoms with Gasteiger partial charge in [0.1, 0.15) is 28.2 Å². The van der Waals surface area contributed by atoms with Crippen LogP contribution in [-0.2, 0) is 28.2 Å². The molecular formula is C96H96N4+4. The SMILES string of the molecule is Cc1cc(-c2cc(-c3ccccc3)c(C)cc2C)[n+](C)cc1C.Cc1cc(C)c(-c2cc(-c3ccccc3)c(C)c[n+]2C)cc1-c1ccccc1.[2H]C([2H])([2H])c1cc(C)c(-c2cc(-c3ccccc3)c(C([2H])([2H])[2H])c[n+]2C)cc1-c1ccccc1.[2H]C([2H])([2H])c1cc(C)c(-c2cccc[n+]2C)cc1-c1ccccc1. The summed E-state index contributed by atoms with van der Waals surface area (Å²) in [7, 11) is 8.08. The van der Waals surface area contributed by atoms with Crippen LogP contribution >= 0.6 is 0 Å². The van der Waals surface area contributed by atoms with Crippen molar-refractivity contribution in [3.8, 4) is 112 Å². The van der Waals surface area contributed by atoms with Crippen molar-refractivity contribution in [3.05, 3.63) is 358 Å². The van der Waals surface area contributed by atoms with Crippen LogP contribution in [0.3, 0.4) is 0 Å². The molecule has 0 aliphatic rings. The summed E-state index contributed by atoms with van der Waals surface area (Å²) in [5.41, 5.74) is 33.1. The second-order valence-corrected chi connectivity index (χ2v) is 26.4. The average molecular weight is 1310 g/mol. The lowest BCUT2D eigenvalue weighted by molar-refractivity contribution is -0.660. The van der Waals surface area contributed by atoms with Crippen molar-refractivity contribution in [2.45, 2.75) is 82.9 Å². The minimum absolute atomic E-state index is 0.269. The number of aromatic nitrogens is 4. The Bertz CT molecular complexity index is 5360. The third-order valence-corrected chi connectivity index (χ3v) is 19.0. The number of benzene rings is 10. The Morgan fingerprint density at radius 2 is 0.440 bits per heavy atom. The van der Waals surface area contributed by atoms with E-state index in [0.717, 1.165) is 55.9 Å². The molecule has 0 unspecified atom stereocenters. The Morgan fingerprint density at radius 1 is 0.190 bits per heavy atom. The average Bonchev–Trinajstić information content (AvgIpc) is 0.760. The molecule has 4 heteroatoms. The maximum atomic E-state index is 8.09. The van der Waals surface area contributed by atoms with Gasteiger partial charge in [0.15, 0.2) is 24.8 Å². The van der Waals surface area contributed by atoms with Gasteiger partial charge in [0.05, 0.1) is 0 Å². The Kier molecular flexibility index (Phi) is 18.6. The lowest BCUT2D eigenvalue weighted by Gasteiger charge is -2.13. The Morgan fingerprint density at radius 3 is 0.770 bits per heavy atom. The summed E-state index contributed by atoms with van der Waals surface area (Å²) >= 11 is 0. The van der Waals surface area contributed by atoms with Gasteiger partial charge >= 0.3 is 0 Å². The van der Waals surface area contributed by atoms with E-state index in [1.807, 2.05) is 166 Å². The van der Waals surface area contributed by atoms with Crippen molar-refractivity contribution in [2.75, 3.05) is 0 Å². The van der Waals surface area contributed by atoms with E-state index in [1.165, 1.54) is 94.8 Å². The summed E-state index contributed by atoms with van der Waals surface area (Å²) in [5, 5.41) is 0. The van der Waals surface area contributed by atoms with E-state index in [9.17, 15) is 0 Å². The van der Waals surface area contributed by atoms with Crippen molar-refractivity contribution in [3.63, 3.8) is 0 Å². The molecule has 0 saturated carbocycles. The van der Waals surface area contributed by atoms with Gasteiger partial charge in [-0.2, -0.15) is 0 Å². The smallest absolute Gasteiger partial charge is 0.201 e. The minimum atomic E-state index is -2.28. The van der Waals surface area contributed by atoms with Crippen LogP contribution in [0.2, 0.25) is 0 Å². The van der Waals surface area contributed by atoms with Crippen molar-refractivity contribution in [1.29, 1.82) is 0 Å². The zero-order valence-corrected chi connectivity index (χ0v) is 60.0. The molecule has 0 bridgehead atoms. The fourth-order valence-corrected chi connectivity index (χ4v) is 13.5. The van der Waals surface area contributed by atoms with Gasteiger partial charge in [0.2, 0.25) is 22.8 Å². The molecule has 496 valence electrons. The molecule has 0 aliphatic heterocycles. The normalized spacial score (nSPS) is 12.5. The van der Waals surface area contributed by atoms with E-state index in [-0.39, 0.29) is 5.56 Å². The van der Waals surface area contributed by atoms with Crippen LogP contribution in [-0.4, -0.2) is 0 Å². The number of hydrogen-bond donors (Lipinski definition) is 0. The van der Waals surface area contributed by atoms with Crippen LogP contribution in [0, 0.1) is 82.9 Å². The zero-order valence-electron chi connectivity index (χ0n) is 69.0. The molecule has 0 spiro atoms. The molecule has 0 atom stereocenters. The molecular weight excluding hydrogens is 1210 g/mol. The molecule has 10 aromatic carbocycles. The van der Waals surface area contributed by atoms with Crippen LogP contribution in [0.1, 0.15) is 79.1 Å². The third-order valence-electron chi connectivity index (χ3n) is 19.0. The largest absolute Gasteiger partial charge is 0.213 e. The maximum Gasteiger partial charge on any atom is 0.213 e. The predicted octanol–water partition coefficient (Wildman–Crippen LogP) is 22.4. The summed E-state index contributed by atoms with van der Waals surface area (Å²) < 4.78 is 80.5. The van der Waals surface area contributed by atoms with E-state index < -0.39 is 20.6 Å². The molecule has 14 aromatic rings.